The predicted molar refractivity (Wildman–Crippen MR) is 117 cm³/mol. The van der Waals surface area contributed by atoms with Crippen LogP contribution in [0.5, 0.6) is 5.75 Å². The highest BCUT2D eigenvalue weighted by Crippen LogP contribution is 2.29. The summed E-state index contributed by atoms with van der Waals surface area (Å²) in [7, 11) is 0. The molecule has 160 valence electrons. The summed E-state index contributed by atoms with van der Waals surface area (Å²) in [6.07, 6.45) is 0. The third-order valence-electron chi connectivity index (χ3n) is 4.43. The average Bonchev–Trinajstić information content (AvgIpc) is 2.81. The summed E-state index contributed by atoms with van der Waals surface area (Å²) in [6, 6.07) is 23.0. The third kappa shape index (κ3) is 7.15. The quantitative estimate of drug-likeness (QED) is 0.463. The Hall–Kier alpha value is -3.87. The van der Waals surface area contributed by atoms with Crippen LogP contribution < -0.4 is 20.7 Å². The van der Waals surface area contributed by atoms with Crippen LogP contribution in [0.25, 0.3) is 11.1 Å². The smallest absolute Gasteiger partial charge is 0.315 e. The van der Waals surface area contributed by atoms with Crippen molar-refractivity contribution in [3.63, 3.8) is 0 Å². The molecule has 3 aromatic rings. The van der Waals surface area contributed by atoms with E-state index in [0.29, 0.717) is 13.2 Å². The SMILES string of the molecule is O=C(CNC(=O)NCc1ccc(F)cc1)NCCOc1ccccc1-c1ccccc1. The van der Waals surface area contributed by atoms with Gasteiger partial charge in [-0.25, -0.2) is 9.18 Å². The zero-order chi connectivity index (χ0) is 21.9. The molecule has 0 spiro atoms. The molecule has 7 heteroatoms. The van der Waals surface area contributed by atoms with Crippen LogP contribution in [0, 0.1) is 5.82 Å². The third-order valence-corrected chi connectivity index (χ3v) is 4.43. The maximum atomic E-state index is 12.9. The normalized spacial score (nSPS) is 10.2. The Balaban J connectivity index is 1.34. The second kappa shape index (κ2) is 11.3. The van der Waals surface area contributed by atoms with Gasteiger partial charge in [-0.1, -0.05) is 60.7 Å². The van der Waals surface area contributed by atoms with Crippen LogP contribution in [0.2, 0.25) is 0 Å². The highest BCUT2D eigenvalue weighted by Gasteiger charge is 2.07. The van der Waals surface area contributed by atoms with E-state index in [0.717, 1.165) is 22.4 Å². The monoisotopic (exact) mass is 421 g/mol. The summed E-state index contributed by atoms with van der Waals surface area (Å²) in [5.41, 5.74) is 2.79. The van der Waals surface area contributed by atoms with Gasteiger partial charge < -0.3 is 20.7 Å². The molecule has 0 fully saturated rings. The molecule has 0 saturated carbocycles. The molecule has 0 heterocycles. The lowest BCUT2D eigenvalue weighted by atomic mass is 10.1. The second-order valence-corrected chi connectivity index (χ2v) is 6.72. The first kappa shape index (κ1) is 21.8. The van der Waals surface area contributed by atoms with Crippen molar-refractivity contribution in [1.29, 1.82) is 0 Å². The van der Waals surface area contributed by atoms with Gasteiger partial charge in [0.25, 0.3) is 0 Å². The number of nitrogens with one attached hydrogen (secondary N) is 3. The fraction of sp³-hybridized carbons (Fsp3) is 0.167. The number of ether oxygens (including phenoxy) is 1. The van der Waals surface area contributed by atoms with Crippen molar-refractivity contribution in [2.45, 2.75) is 6.54 Å². The van der Waals surface area contributed by atoms with Gasteiger partial charge in [0.15, 0.2) is 0 Å². The number of rotatable bonds is 9. The Morgan fingerprint density at radius 2 is 1.52 bits per heavy atom. The largest absolute Gasteiger partial charge is 0.491 e. The van der Waals surface area contributed by atoms with Crippen molar-refractivity contribution in [3.05, 3.63) is 90.2 Å². The summed E-state index contributed by atoms with van der Waals surface area (Å²) < 4.78 is 18.7. The molecule has 3 amide bonds. The molecule has 0 bridgehead atoms. The van der Waals surface area contributed by atoms with E-state index in [9.17, 15) is 14.0 Å². The molecule has 0 atom stereocenters. The lowest BCUT2D eigenvalue weighted by molar-refractivity contribution is -0.120. The first-order valence-corrected chi connectivity index (χ1v) is 9.92. The number of urea groups is 1. The van der Waals surface area contributed by atoms with E-state index < -0.39 is 6.03 Å². The summed E-state index contributed by atoms with van der Waals surface area (Å²) in [4.78, 5) is 23.7. The fourth-order valence-corrected chi connectivity index (χ4v) is 2.87. The van der Waals surface area contributed by atoms with Gasteiger partial charge in [-0.15, -0.1) is 0 Å². The van der Waals surface area contributed by atoms with Gasteiger partial charge in [0, 0.05) is 12.1 Å². The molecule has 0 aliphatic rings. The Bertz CT molecular complexity index is 994. The van der Waals surface area contributed by atoms with Gasteiger partial charge in [0.1, 0.15) is 18.2 Å². The van der Waals surface area contributed by atoms with E-state index in [1.165, 1.54) is 12.1 Å². The summed E-state index contributed by atoms with van der Waals surface area (Å²) in [5.74, 6) is 0.0792. The van der Waals surface area contributed by atoms with Gasteiger partial charge in [0.05, 0.1) is 13.1 Å². The first-order chi connectivity index (χ1) is 15.1. The molecule has 3 aromatic carbocycles. The molecule has 0 aromatic heterocycles. The number of halogens is 1. The maximum Gasteiger partial charge on any atom is 0.315 e. The number of amides is 3. The molecule has 0 aliphatic heterocycles. The van der Waals surface area contributed by atoms with Gasteiger partial charge >= 0.3 is 6.03 Å². The summed E-state index contributed by atoms with van der Waals surface area (Å²) >= 11 is 0. The first-order valence-electron chi connectivity index (χ1n) is 9.92. The van der Waals surface area contributed by atoms with Crippen molar-refractivity contribution in [2.75, 3.05) is 19.7 Å². The number of carbonyl (C=O) groups excluding carboxylic acids is 2. The molecular weight excluding hydrogens is 397 g/mol. The van der Waals surface area contributed by atoms with Gasteiger partial charge in [-0.05, 0) is 29.3 Å². The standard InChI is InChI=1S/C24H24FN3O3/c25-20-12-10-18(11-13-20)16-27-24(30)28-17-23(29)26-14-15-31-22-9-5-4-8-21(22)19-6-2-1-3-7-19/h1-13H,14-17H2,(H,26,29)(H2,27,28,30). The number of para-hydroxylation sites is 1. The minimum absolute atomic E-state index is 0.157. The summed E-state index contributed by atoms with van der Waals surface area (Å²) in [5, 5.41) is 7.78. The zero-order valence-electron chi connectivity index (χ0n) is 16.9. The Morgan fingerprint density at radius 1 is 0.806 bits per heavy atom. The fourth-order valence-electron chi connectivity index (χ4n) is 2.87. The molecule has 3 N–H and O–H groups in total. The number of carbonyl (C=O) groups is 2. The van der Waals surface area contributed by atoms with E-state index in [2.05, 4.69) is 16.0 Å². The maximum absolute atomic E-state index is 12.9. The highest BCUT2D eigenvalue weighted by molar-refractivity contribution is 5.83. The van der Waals surface area contributed by atoms with Crippen molar-refractivity contribution in [2.24, 2.45) is 0 Å². The van der Waals surface area contributed by atoms with Gasteiger partial charge in [-0.2, -0.15) is 0 Å². The van der Waals surface area contributed by atoms with E-state index in [-0.39, 0.29) is 24.8 Å². The lowest BCUT2D eigenvalue weighted by Gasteiger charge is -2.12. The topological polar surface area (TPSA) is 79.5 Å². The molecule has 31 heavy (non-hydrogen) atoms. The zero-order valence-corrected chi connectivity index (χ0v) is 16.9. The van der Waals surface area contributed by atoms with Gasteiger partial charge in [-0.3, -0.25) is 4.79 Å². The van der Waals surface area contributed by atoms with E-state index in [1.807, 2.05) is 54.6 Å². The van der Waals surface area contributed by atoms with Crippen molar-refractivity contribution in [3.8, 4) is 16.9 Å². The number of benzene rings is 3. The molecule has 0 saturated heterocycles. The van der Waals surface area contributed by atoms with Crippen LogP contribution in [-0.2, 0) is 11.3 Å². The van der Waals surface area contributed by atoms with Crippen molar-refractivity contribution >= 4 is 11.9 Å². The molecule has 6 nitrogen and oxygen atoms in total. The number of hydrogen-bond donors (Lipinski definition) is 3. The van der Waals surface area contributed by atoms with Gasteiger partial charge in [0.2, 0.25) is 5.91 Å². The van der Waals surface area contributed by atoms with Crippen LogP contribution in [-0.4, -0.2) is 31.6 Å². The van der Waals surface area contributed by atoms with Crippen molar-refractivity contribution < 1.29 is 18.7 Å². The molecular formula is C24H24FN3O3. The number of hydrogen-bond acceptors (Lipinski definition) is 3. The Morgan fingerprint density at radius 3 is 2.29 bits per heavy atom. The average molecular weight is 421 g/mol. The van der Waals surface area contributed by atoms with Crippen LogP contribution in [0.1, 0.15) is 5.56 Å². The van der Waals surface area contributed by atoms with Crippen LogP contribution in [0.15, 0.2) is 78.9 Å². The van der Waals surface area contributed by atoms with Crippen molar-refractivity contribution in [1.82, 2.24) is 16.0 Å². The molecule has 3 rings (SSSR count). The lowest BCUT2D eigenvalue weighted by Crippen LogP contribution is -2.42. The second-order valence-electron chi connectivity index (χ2n) is 6.72. The van der Waals surface area contributed by atoms with E-state index in [1.54, 1.807) is 12.1 Å². The molecule has 0 unspecified atom stereocenters. The molecule has 0 radical (unpaired) electrons. The molecule has 0 aliphatic carbocycles. The Labute approximate surface area is 180 Å². The van der Waals surface area contributed by atoms with Crippen LogP contribution >= 0.6 is 0 Å². The Kier molecular flexibility index (Phi) is 7.99. The van der Waals surface area contributed by atoms with E-state index in [4.69, 9.17) is 4.74 Å². The minimum atomic E-state index is -0.479. The van der Waals surface area contributed by atoms with Crippen LogP contribution in [0.4, 0.5) is 9.18 Å². The highest BCUT2D eigenvalue weighted by atomic mass is 19.1. The summed E-state index contributed by atoms with van der Waals surface area (Å²) in [6.45, 7) is 0.686. The predicted octanol–water partition coefficient (Wildman–Crippen LogP) is 3.49. The van der Waals surface area contributed by atoms with Crippen LogP contribution in [0.3, 0.4) is 0 Å². The van der Waals surface area contributed by atoms with E-state index >= 15 is 0 Å². The minimum Gasteiger partial charge on any atom is -0.491 e.